The number of hydrogen-bond donors (Lipinski definition) is 1. The van der Waals surface area contributed by atoms with Gasteiger partial charge in [0.2, 0.25) is 11.8 Å². The lowest BCUT2D eigenvalue weighted by molar-refractivity contribution is 0.399. The summed E-state index contributed by atoms with van der Waals surface area (Å²) in [6.07, 6.45) is 0. The number of methoxy groups -OCH3 is 1. The minimum atomic E-state index is -0.607. The number of rotatable bonds is 2. The molecule has 108 valence electrons. The van der Waals surface area contributed by atoms with Gasteiger partial charge in [0.05, 0.1) is 12.8 Å². The van der Waals surface area contributed by atoms with Gasteiger partial charge in [-0.2, -0.15) is 4.98 Å². The third-order valence-corrected chi connectivity index (χ3v) is 3.18. The normalized spacial score (nSPS) is 11.0. The molecule has 0 aliphatic rings. The van der Waals surface area contributed by atoms with E-state index in [9.17, 15) is 8.78 Å². The van der Waals surface area contributed by atoms with E-state index in [1.54, 1.807) is 12.1 Å². The number of pyridine rings is 1. The van der Waals surface area contributed by atoms with Gasteiger partial charge in [-0.1, -0.05) is 0 Å². The molecule has 21 heavy (non-hydrogen) atoms. The maximum atomic E-state index is 14.2. The Labute approximate surface area is 119 Å². The van der Waals surface area contributed by atoms with Crippen molar-refractivity contribution in [2.24, 2.45) is 0 Å². The van der Waals surface area contributed by atoms with E-state index in [-0.39, 0.29) is 17.2 Å². The molecule has 0 amide bonds. The van der Waals surface area contributed by atoms with Crippen LogP contribution in [-0.2, 0) is 0 Å². The van der Waals surface area contributed by atoms with Crippen molar-refractivity contribution in [3.63, 3.8) is 0 Å². The second-order valence-corrected chi connectivity index (χ2v) is 4.55. The number of nitrogens with two attached hydrogens (primary N) is 1. The monoisotopic (exact) mass is 290 g/mol. The Hall–Kier alpha value is -2.70. The summed E-state index contributed by atoms with van der Waals surface area (Å²) in [5, 5.41) is 0. The molecule has 0 aliphatic carbocycles. The first-order valence-electron chi connectivity index (χ1n) is 6.16. The Balaban J connectivity index is 2.34. The SMILES string of the molecule is COc1ccc2nc(N)n(-c3cc(F)c(C)cc3F)c2n1. The van der Waals surface area contributed by atoms with E-state index in [1.165, 1.54) is 18.6 Å². The first-order chi connectivity index (χ1) is 10.0. The van der Waals surface area contributed by atoms with Gasteiger partial charge in [-0.15, -0.1) is 0 Å². The molecule has 0 atom stereocenters. The number of anilines is 1. The van der Waals surface area contributed by atoms with Gasteiger partial charge in [0.25, 0.3) is 0 Å². The van der Waals surface area contributed by atoms with Crippen molar-refractivity contribution >= 4 is 17.1 Å². The molecule has 2 N–H and O–H groups in total. The van der Waals surface area contributed by atoms with E-state index in [2.05, 4.69) is 9.97 Å². The molecular formula is C14H12F2N4O. The van der Waals surface area contributed by atoms with Crippen LogP contribution in [0.15, 0.2) is 24.3 Å². The molecule has 2 aromatic heterocycles. The maximum absolute atomic E-state index is 14.2. The summed E-state index contributed by atoms with van der Waals surface area (Å²) >= 11 is 0. The molecule has 0 radical (unpaired) electrons. The zero-order valence-electron chi connectivity index (χ0n) is 11.4. The molecule has 2 heterocycles. The summed E-state index contributed by atoms with van der Waals surface area (Å²) in [6.45, 7) is 1.48. The van der Waals surface area contributed by atoms with Crippen molar-refractivity contribution < 1.29 is 13.5 Å². The largest absolute Gasteiger partial charge is 0.481 e. The van der Waals surface area contributed by atoms with Crippen LogP contribution in [0.3, 0.4) is 0 Å². The number of hydrogen-bond acceptors (Lipinski definition) is 4. The van der Waals surface area contributed by atoms with E-state index < -0.39 is 11.6 Å². The number of fused-ring (bicyclic) bond motifs is 1. The lowest BCUT2D eigenvalue weighted by atomic mass is 10.2. The Bertz CT molecular complexity index is 845. The van der Waals surface area contributed by atoms with Gasteiger partial charge >= 0.3 is 0 Å². The Kier molecular flexibility index (Phi) is 2.97. The van der Waals surface area contributed by atoms with Gasteiger partial charge in [0.1, 0.15) is 17.2 Å². The standard InChI is InChI=1S/C14H12F2N4O/c1-7-5-9(16)11(6-8(7)15)20-13-10(18-14(20)17)3-4-12(19-13)21-2/h3-6H,1-2H3,(H2,17,18). The van der Waals surface area contributed by atoms with Crippen molar-refractivity contribution in [2.75, 3.05) is 12.8 Å². The number of nitrogens with zero attached hydrogens (tertiary/aromatic N) is 3. The molecule has 0 aliphatic heterocycles. The number of nitrogen functional groups attached to an aromatic ring is 1. The fourth-order valence-corrected chi connectivity index (χ4v) is 2.12. The Morgan fingerprint density at radius 1 is 1.14 bits per heavy atom. The number of ether oxygens (including phenoxy) is 1. The highest BCUT2D eigenvalue weighted by molar-refractivity contribution is 5.77. The van der Waals surface area contributed by atoms with Crippen molar-refractivity contribution in [1.82, 2.24) is 14.5 Å². The molecule has 0 spiro atoms. The van der Waals surface area contributed by atoms with Crippen LogP contribution in [0.1, 0.15) is 5.56 Å². The van der Waals surface area contributed by atoms with Crippen LogP contribution in [0.4, 0.5) is 14.7 Å². The van der Waals surface area contributed by atoms with Crippen LogP contribution in [-0.4, -0.2) is 21.6 Å². The van der Waals surface area contributed by atoms with Gasteiger partial charge in [-0.25, -0.2) is 13.8 Å². The number of halogens is 2. The summed E-state index contributed by atoms with van der Waals surface area (Å²) in [7, 11) is 1.46. The summed E-state index contributed by atoms with van der Waals surface area (Å²) in [4.78, 5) is 8.28. The summed E-state index contributed by atoms with van der Waals surface area (Å²) < 4.78 is 34.2. The molecule has 0 saturated carbocycles. The van der Waals surface area contributed by atoms with Crippen LogP contribution in [0.25, 0.3) is 16.9 Å². The quantitative estimate of drug-likeness (QED) is 0.788. The maximum Gasteiger partial charge on any atom is 0.215 e. The van der Waals surface area contributed by atoms with E-state index in [0.717, 1.165) is 12.1 Å². The average Bonchev–Trinajstić information content (AvgIpc) is 2.78. The fraction of sp³-hybridized carbons (Fsp3) is 0.143. The van der Waals surface area contributed by atoms with Crippen LogP contribution in [0.2, 0.25) is 0 Å². The lowest BCUT2D eigenvalue weighted by Gasteiger charge is -2.09. The number of benzene rings is 1. The number of aryl methyl sites for hydroxylation is 1. The minimum Gasteiger partial charge on any atom is -0.481 e. The van der Waals surface area contributed by atoms with E-state index in [1.807, 2.05) is 0 Å². The summed E-state index contributed by atoms with van der Waals surface area (Å²) in [5.74, 6) is -0.787. The third-order valence-electron chi connectivity index (χ3n) is 3.18. The average molecular weight is 290 g/mol. The van der Waals surface area contributed by atoms with Crippen LogP contribution >= 0.6 is 0 Å². The minimum absolute atomic E-state index is 0.0212. The molecule has 0 unspecified atom stereocenters. The highest BCUT2D eigenvalue weighted by Crippen LogP contribution is 2.26. The topological polar surface area (TPSA) is 66.0 Å². The second-order valence-electron chi connectivity index (χ2n) is 4.55. The fourth-order valence-electron chi connectivity index (χ4n) is 2.12. The van der Waals surface area contributed by atoms with Crippen LogP contribution < -0.4 is 10.5 Å². The van der Waals surface area contributed by atoms with E-state index >= 15 is 0 Å². The number of imidazole rings is 1. The predicted octanol–water partition coefficient (Wildman–Crippen LogP) is 2.60. The molecule has 1 aromatic carbocycles. The third kappa shape index (κ3) is 2.06. The highest BCUT2D eigenvalue weighted by atomic mass is 19.1. The smallest absolute Gasteiger partial charge is 0.215 e. The molecule has 5 nitrogen and oxygen atoms in total. The molecule has 3 rings (SSSR count). The predicted molar refractivity (Wildman–Crippen MR) is 74.5 cm³/mol. The van der Waals surface area contributed by atoms with Crippen molar-refractivity contribution in [3.05, 3.63) is 41.5 Å². The first kappa shape index (κ1) is 13.3. The van der Waals surface area contributed by atoms with Gasteiger partial charge < -0.3 is 10.5 Å². The van der Waals surface area contributed by atoms with Gasteiger partial charge in [-0.05, 0) is 24.6 Å². The summed E-state index contributed by atoms with van der Waals surface area (Å²) in [5.41, 5.74) is 6.75. The molecule has 7 heteroatoms. The van der Waals surface area contributed by atoms with Crippen LogP contribution in [0.5, 0.6) is 5.88 Å². The van der Waals surface area contributed by atoms with Crippen molar-refractivity contribution in [2.45, 2.75) is 6.92 Å². The number of aromatic nitrogens is 3. The van der Waals surface area contributed by atoms with E-state index in [0.29, 0.717) is 17.0 Å². The van der Waals surface area contributed by atoms with Crippen molar-refractivity contribution in [1.29, 1.82) is 0 Å². The Morgan fingerprint density at radius 2 is 1.90 bits per heavy atom. The summed E-state index contributed by atoms with van der Waals surface area (Å²) in [6, 6.07) is 5.45. The Morgan fingerprint density at radius 3 is 2.62 bits per heavy atom. The van der Waals surface area contributed by atoms with Gasteiger partial charge in [-0.3, -0.25) is 4.57 Å². The van der Waals surface area contributed by atoms with E-state index in [4.69, 9.17) is 10.5 Å². The molecule has 0 fully saturated rings. The zero-order valence-corrected chi connectivity index (χ0v) is 11.4. The lowest BCUT2D eigenvalue weighted by Crippen LogP contribution is -2.05. The molecule has 0 bridgehead atoms. The molecule has 0 saturated heterocycles. The first-order valence-corrected chi connectivity index (χ1v) is 6.16. The van der Waals surface area contributed by atoms with Gasteiger partial charge in [0.15, 0.2) is 5.65 Å². The molecular weight excluding hydrogens is 278 g/mol. The van der Waals surface area contributed by atoms with Crippen LogP contribution in [0, 0.1) is 18.6 Å². The second kappa shape index (κ2) is 4.69. The van der Waals surface area contributed by atoms with Gasteiger partial charge in [0, 0.05) is 12.1 Å². The molecule has 3 aromatic rings. The van der Waals surface area contributed by atoms with Crippen molar-refractivity contribution in [3.8, 4) is 11.6 Å². The zero-order chi connectivity index (χ0) is 15.1. The highest BCUT2D eigenvalue weighted by Gasteiger charge is 2.17.